The summed E-state index contributed by atoms with van der Waals surface area (Å²) in [5.41, 5.74) is -0.0980. The van der Waals surface area contributed by atoms with Crippen molar-refractivity contribution in [3.63, 3.8) is 0 Å². The van der Waals surface area contributed by atoms with Gasteiger partial charge < -0.3 is 9.15 Å². The number of alkyl halides is 5. The van der Waals surface area contributed by atoms with Gasteiger partial charge in [0.15, 0.2) is 5.69 Å². The minimum atomic E-state index is -5.90. The van der Waals surface area contributed by atoms with E-state index in [1.807, 2.05) is 6.92 Å². The number of hydrogen-bond donors (Lipinski definition) is 0. The van der Waals surface area contributed by atoms with Crippen molar-refractivity contribution in [1.82, 2.24) is 24.6 Å². The fourth-order valence-electron chi connectivity index (χ4n) is 4.02. The SMILES string of the molecule is Cc1ccc(-c2cc(C(F)(F)C(F)(F)F)nc3c2ccc2nc(-c4nnco4)c(COC(=O)C(C)C)n23)cc1. The highest BCUT2D eigenvalue weighted by atomic mass is 19.4. The number of aromatic nitrogens is 5. The zero-order chi connectivity index (χ0) is 28.1. The maximum Gasteiger partial charge on any atom is 0.459 e. The maximum atomic E-state index is 14.7. The number of halogens is 5. The molecule has 39 heavy (non-hydrogen) atoms. The first-order valence-corrected chi connectivity index (χ1v) is 11.7. The van der Waals surface area contributed by atoms with Gasteiger partial charge in [0.25, 0.3) is 5.89 Å². The zero-order valence-electron chi connectivity index (χ0n) is 20.8. The molecule has 4 aromatic heterocycles. The number of carbonyl (C=O) groups excluding carboxylic acids is 1. The lowest BCUT2D eigenvalue weighted by Gasteiger charge is -2.21. The first kappa shape index (κ1) is 26.2. The molecule has 5 aromatic rings. The van der Waals surface area contributed by atoms with Gasteiger partial charge in [0, 0.05) is 5.39 Å². The molecule has 0 atom stereocenters. The van der Waals surface area contributed by atoms with Gasteiger partial charge in [-0.2, -0.15) is 22.0 Å². The second-order valence-electron chi connectivity index (χ2n) is 9.17. The summed E-state index contributed by atoms with van der Waals surface area (Å²) in [4.78, 5) is 20.5. The molecule has 0 amide bonds. The summed E-state index contributed by atoms with van der Waals surface area (Å²) in [6, 6.07) is 10.5. The number of nitrogens with zero attached hydrogens (tertiary/aromatic N) is 5. The summed E-state index contributed by atoms with van der Waals surface area (Å²) in [7, 11) is 0. The fraction of sp³-hybridized carbons (Fsp3) is 0.269. The third-order valence-corrected chi connectivity index (χ3v) is 6.07. The van der Waals surface area contributed by atoms with E-state index in [9.17, 15) is 26.7 Å². The Labute approximate surface area is 217 Å². The molecule has 0 spiro atoms. The third-order valence-electron chi connectivity index (χ3n) is 6.07. The quantitative estimate of drug-likeness (QED) is 0.184. The number of ether oxygens (including phenoxy) is 1. The highest BCUT2D eigenvalue weighted by molar-refractivity contribution is 5.95. The van der Waals surface area contributed by atoms with E-state index in [0.29, 0.717) is 5.56 Å². The van der Waals surface area contributed by atoms with Crippen LogP contribution in [0, 0.1) is 12.8 Å². The standard InChI is InChI=1S/C26H20F5N5O3/c1-13(2)24(37)38-11-18-21(23-35-32-12-39-23)34-20-9-8-16-17(15-6-4-14(3)5-7-15)10-19(33-22(16)36(18)20)25(27,28)26(29,30)31/h4-10,12-13H,11H2,1-3H3. The van der Waals surface area contributed by atoms with Crippen LogP contribution in [0.5, 0.6) is 0 Å². The normalized spacial score (nSPS) is 12.5. The van der Waals surface area contributed by atoms with Gasteiger partial charge in [-0.1, -0.05) is 43.7 Å². The highest BCUT2D eigenvalue weighted by Crippen LogP contribution is 2.45. The lowest BCUT2D eigenvalue weighted by Crippen LogP contribution is -2.34. The van der Waals surface area contributed by atoms with Crippen molar-refractivity contribution in [3.05, 3.63) is 65.8 Å². The summed E-state index contributed by atoms with van der Waals surface area (Å²) in [6.07, 6.45) is -4.86. The number of aryl methyl sites for hydroxylation is 1. The van der Waals surface area contributed by atoms with E-state index in [4.69, 9.17) is 9.15 Å². The summed E-state index contributed by atoms with van der Waals surface area (Å²) in [5.74, 6) is -6.39. The molecule has 0 bridgehead atoms. The zero-order valence-corrected chi connectivity index (χ0v) is 20.8. The molecule has 0 saturated heterocycles. The average Bonchev–Trinajstić information content (AvgIpc) is 3.54. The smallest absolute Gasteiger partial charge is 0.459 e. The van der Waals surface area contributed by atoms with Gasteiger partial charge in [0.1, 0.15) is 23.6 Å². The first-order chi connectivity index (χ1) is 18.4. The van der Waals surface area contributed by atoms with Gasteiger partial charge in [-0.25, -0.2) is 9.97 Å². The number of hydrogen-bond acceptors (Lipinski definition) is 7. The van der Waals surface area contributed by atoms with Crippen molar-refractivity contribution >= 4 is 22.6 Å². The Morgan fingerprint density at radius 1 is 1.05 bits per heavy atom. The van der Waals surface area contributed by atoms with Crippen LogP contribution in [0.2, 0.25) is 0 Å². The topological polar surface area (TPSA) is 95.4 Å². The summed E-state index contributed by atoms with van der Waals surface area (Å²) >= 11 is 0. The molecule has 0 saturated carbocycles. The van der Waals surface area contributed by atoms with E-state index in [0.717, 1.165) is 18.0 Å². The van der Waals surface area contributed by atoms with Gasteiger partial charge in [-0.05, 0) is 36.2 Å². The highest BCUT2D eigenvalue weighted by Gasteiger charge is 2.60. The number of rotatable bonds is 6. The van der Waals surface area contributed by atoms with Gasteiger partial charge in [0.05, 0.1) is 11.6 Å². The third kappa shape index (κ3) is 4.57. The molecule has 0 aliphatic heterocycles. The van der Waals surface area contributed by atoms with Crippen molar-refractivity contribution in [2.24, 2.45) is 5.92 Å². The molecule has 0 N–H and O–H groups in total. The van der Waals surface area contributed by atoms with Crippen LogP contribution in [0.25, 0.3) is 39.4 Å². The monoisotopic (exact) mass is 545 g/mol. The predicted octanol–water partition coefficient (Wildman–Crippen LogP) is 6.26. The fourth-order valence-corrected chi connectivity index (χ4v) is 4.02. The predicted molar refractivity (Wildman–Crippen MR) is 129 cm³/mol. The molecule has 0 radical (unpaired) electrons. The Morgan fingerprint density at radius 3 is 2.38 bits per heavy atom. The Kier molecular flexibility index (Phi) is 6.31. The van der Waals surface area contributed by atoms with E-state index in [-0.39, 0.29) is 39.5 Å². The molecule has 13 heteroatoms. The van der Waals surface area contributed by atoms with Gasteiger partial charge in [-0.3, -0.25) is 9.20 Å². The lowest BCUT2D eigenvalue weighted by atomic mass is 9.99. The second-order valence-corrected chi connectivity index (χ2v) is 9.17. The largest absolute Gasteiger partial charge is 0.459 e. The van der Waals surface area contributed by atoms with Gasteiger partial charge in [0.2, 0.25) is 6.39 Å². The minimum absolute atomic E-state index is 0.0585. The molecule has 0 unspecified atom stereocenters. The lowest BCUT2D eigenvalue weighted by molar-refractivity contribution is -0.290. The number of pyridine rings is 2. The number of imidazole rings is 1. The van der Waals surface area contributed by atoms with E-state index in [1.165, 1.54) is 16.5 Å². The van der Waals surface area contributed by atoms with Crippen molar-refractivity contribution in [2.45, 2.75) is 39.5 Å². The molecule has 0 aliphatic carbocycles. The van der Waals surface area contributed by atoms with Gasteiger partial charge in [-0.15, -0.1) is 10.2 Å². The molecule has 0 aliphatic rings. The van der Waals surface area contributed by atoms with E-state index >= 15 is 0 Å². The summed E-state index contributed by atoms with van der Waals surface area (Å²) < 4.78 is 81.7. The molecule has 0 fully saturated rings. The minimum Gasteiger partial charge on any atom is -0.459 e. The van der Waals surface area contributed by atoms with Gasteiger partial charge >= 0.3 is 18.1 Å². The number of carbonyl (C=O) groups is 1. The molecule has 5 rings (SSSR count). The van der Waals surface area contributed by atoms with E-state index in [1.54, 1.807) is 38.1 Å². The van der Waals surface area contributed by atoms with Crippen molar-refractivity contribution < 1.29 is 35.9 Å². The number of esters is 1. The molecule has 8 nitrogen and oxygen atoms in total. The first-order valence-electron chi connectivity index (χ1n) is 11.7. The maximum absolute atomic E-state index is 14.7. The Morgan fingerprint density at radius 2 is 1.77 bits per heavy atom. The average molecular weight is 545 g/mol. The molecule has 202 valence electrons. The van der Waals surface area contributed by atoms with Crippen LogP contribution < -0.4 is 0 Å². The van der Waals surface area contributed by atoms with Crippen LogP contribution in [0.4, 0.5) is 22.0 Å². The van der Waals surface area contributed by atoms with Crippen molar-refractivity contribution in [1.29, 1.82) is 0 Å². The van der Waals surface area contributed by atoms with Crippen LogP contribution in [0.3, 0.4) is 0 Å². The summed E-state index contributed by atoms with van der Waals surface area (Å²) in [5, 5.41) is 7.70. The Bertz CT molecular complexity index is 1680. The van der Waals surface area contributed by atoms with Crippen LogP contribution in [-0.2, 0) is 22.1 Å². The number of fused-ring (bicyclic) bond motifs is 3. The molecular weight excluding hydrogens is 525 g/mol. The molecule has 4 heterocycles. The van der Waals surface area contributed by atoms with Crippen LogP contribution in [0.15, 0.2) is 53.3 Å². The Hall–Kier alpha value is -4.42. The Balaban J connectivity index is 1.86. The molecular formula is C26H20F5N5O3. The van der Waals surface area contributed by atoms with E-state index in [2.05, 4.69) is 20.2 Å². The van der Waals surface area contributed by atoms with Crippen molar-refractivity contribution in [2.75, 3.05) is 0 Å². The second kappa shape index (κ2) is 9.40. The van der Waals surface area contributed by atoms with Crippen LogP contribution in [-0.4, -0.2) is 36.7 Å². The van der Waals surface area contributed by atoms with Crippen LogP contribution >= 0.6 is 0 Å². The number of benzene rings is 1. The van der Waals surface area contributed by atoms with Crippen LogP contribution in [0.1, 0.15) is 30.8 Å². The summed E-state index contributed by atoms with van der Waals surface area (Å²) in [6.45, 7) is 4.63. The van der Waals surface area contributed by atoms with Crippen molar-refractivity contribution in [3.8, 4) is 22.7 Å². The van der Waals surface area contributed by atoms with E-state index < -0.39 is 36.3 Å². The molecule has 1 aromatic carbocycles.